The van der Waals surface area contributed by atoms with Crippen molar-refractivity contribution in [3.05, 3.63) is 81.9 Å². The number of phenols is 1. The molecule has 0 bridgehead atoms. The number of hydrogen-bond acceptors (Lipinski definition) is 8. The van der Waals surface area contributed by atoms with Crippen molar-refractivity contribution in [2.75, 3.05) is 12.4 Å². The number of nitrogens with zero attached hydrogens (tertiary/aromatic N) is 2. The number of aromatic nitrogens is 1. The fourth-order valence-corrected chi connectivity index (χ4v) is 5.32. The van der Waals surface area contributed by atoms with Gasteiger partial charge in [-0.1, -0.05) is 36.0 Å². The quantitative estimate of drug-likeness (QED) is 0.197. The highest BCUT2D eigenvalue weighted by Gasteiger charge is 2.15. The lowest BCUT2D eigenvalue weighted by atomic mass is 10.1. The van der Waals surface area contributed by atoms with E-state index in [1.54, 1.807) is 24.9 Å². The Bertz CT molecular complexity index is 1340. The molecule has 0 radical (unpaired) electrons. The Hall–Kier alpha value is -3.63. The first-order chi connectivity index (χ1) is 15.9. The molecule has 0 fully saturated rings. The molecule has 4 rings (SSSR count). The van der Waals surface area contributed by atoms with Crippen molar-refractivity contribution in [2.24, 2.45) is 0 Å². The summed E-state index contributed by atoms with van der Waals surface area (Å²) < 4.78 is 7.25. The number of aromatic hydroxyl groups is 1. The minimum Gasteiger partial charge on any atom is -0.502 e. The van der Waals surface area contributed by atoms with E-state index in [-0.39, 0.29) is 12.3 Å². The summed E-state index contributed by atoms with van der Waals surface area (Å²) in [6.07, 6.45) is -0.0537. The van der Waals surface area contributed by atoms with Gasteiger partial charge in [0.2, 0.25) is 5.91 Å². The molecule has 0 atom stereocenters. The van der Waals surface area contributed by atoms with E-state index >= 15 is 0 Å². The number of ether oxygens (including phenoxy) is 1. The van der Waals surface area contributed by atoms with Gasteiger partial charge in [0.25, 0.3) is 0 Å². The number of anilines is 1. The third kappa shape index (κ3) is 5.41. The van der Waals surface area contributed by atoms with Crippen molar-refractivity contribution in [2.45, 2.75) is 16.5 Å². The van der Waals surface area contributed by atoms with Crippen LogP contribution in [0.4, 0.5) is 11.4 Å². The van der Waals surface area contributed by atoms with E-state index in [9.17, 15) is 20.0 Å². The number of phenolic OH excluding ortho intramolecular Hbond substituents is 1. The Kier molecular flexibility index (Phi) is 6.76. The first-order valence-electron chi connectivity index (χ1n) is 9.84. The van der Waals surface area contributed by atoms with Gasteiger partial charge in [-0.15, -0.1) is 11.3 Å². The van der Waals surface area contributed by atoms with Gasteiger partial charge < -0.3 is 15.2 Å². The van der Waals surface area contributed by atoms with Gasteiger partial charge in [0.1, 0.15) is 5.75 Å². The maximum Gasteiger partial charge on any atom is 0.310 e. The zero-order valence-corrected chi connectivity index (χ0v) is 19.1. The zero-order valence-electron chi connectivity index (χ0n) is 17.5. The van der Waals surface area contributed by atoms with Crippen LogP contribution in [0.2, 0.25) is 0 Å². The molecule has 1 amide bonds. The van der Waals surface area contributed by atoms with Gasteiger partial charge in [-0.25, -0.2) is 4.98 Å². The highest BCUT2D eigenvalue weighted by molar-refractivity contribution is 8.00. The molecule has 33 heavy (non-hydrogen) atoms. The van der Waals surface area contributed by atoms with Crippen molar-refractivity contribution in [1.29, 1.82) is 0 Å². The van der Waals surface area contributed by atoms with Crippen LogP contribution in [0.15, 0.2) is 65.0 Å². The van der Waals surface area contributed by atoms with E-state index in [4.69, 9.17) is 4.74 Å². The molecule has 1 heterocycles. The van der Waals surface area contributed by atoms with Crippen molar-refractivity contribution >= 4 is 50.6 Å². The average Bonchev–Trinajstić information content (AvgIpc) is 3.21. The number of methoxy groups -OCH3 is 1. The van der Waals surface area contributed by atoms with Gasteiger partial charge in [-0.3, -0.25) is 14.9 Å². The predicted octanol–water partition coefficient (Wildman–Crippen LogP) is 5.39. The Balaban J connectivity index is 1.42. The highest BCUT2D eigenvalue weighted by atomic mass is 32.2. The van der Waals surface area contributed by atoms with E-state index in [0.29, 0.717) is 11.3 Å². The average molecular weight is 482 g/mol. The number of carbonyl (C=O) groups excluding carboxylic acids is 1. The molecule has 168 valence electrons. The van der Waals surface area contributed by atoms with Gasteiger partial charge in [0.05, 0.1) is 28.7 Å². The topological polar surface area (TPSA) is 115 Å². The van der Waals surface area contributed by atoms with Crippen molar-refractivity contribution in [3.8, 4) is 11.5 Å². The Morgan fingerprint density at radius 2 is 2.03 bits per heavy atom. The third-order valence-corrected chi connectivity index (χ3v) is 7.01. The summed E-state index contributed by atoms with van der Waals surface area (Å²) in [5, 5.41) is 23.3. The van der Waals surface area contributed by atoms with Crippen molar-refractivity contribution in [3.63, 3.8) is 0 Å². The highest BCUT2D eigenvalue weighted by Crippen LogP contribution is 2.34. The molecule has 0 unspecified atom stereocenters. The number of thioether (sulfide) groups is 1. The molecule has 1 aromatic heterocycles. The number of nitrogens with one attached hydrogen (secondary N) is 1. The molecule has 3 aromatic carbocycles. The number of hydrogen-bond donors (Lipinski definition) is 2. The summed E-state index contributed by atoms with van der Waals surface area (Å²) >= 11 is 3.16. The van der Waals surface area contributed by atoms with Crippen LogP contribution < -0.4 is 10.1 Å². The van der Waals surface area contributed by atoms with Crippen LogP contribution in [-0.2, 0) is 17.0 Å². The molecule has 0 saturated carbocycles. The van der Waals surface area contributed by atoms with E-state index in [2.05, 4.69) is 10.3 Å². The van der Waals surface area contributed by atoms with Crippen LogP contribution in [0.25, 0.3) is 10.2 Å². The van der Waals surface area contributed by atoms with E-state index in [1.807, 2.05) is 36.4 Å². The maximum atomic E-state index is 12.4. The summed E-state index contributed by atoms with van der Waals surface area (Å²) in [6.45, 7) is 0. The number of amides is 1. The molecule has 8 nitrogen and oxygen atoms in total. The number of fused-ring (bicyclic) bond motifs is 1. The first-order valence-corrected chi connectivity index (χ1v) is 11.6. The smallest absolute Gasteiger partial charge is 0.310 e. The zero-order chi connectivity index (χ0) is 23.4. The minimum atomic E-state index is -0.683. The normalized spacial score (nSPS) is 10.8. The Morgan fingerprint density at radius 1 is 1.21 bits per heavy atom. The number of nitro benzene ring substituents is 1. The van der Waals surface area contributed by atoms with Crippen LogP contribution in [0, 0.1) is 10.1 Å². The van der Waals surface area contributed by atoms with Gasteiger partial charge in [-0.05, 0) is 35.9 Å². The van der Waals surface area contributed by atoms with Gasteiger partial charge in [0.15, 0.2) is 10.1 Å². The molecule has 2 N–H and O–H groups in total. The molecule has 0 spiro atoms. The molecule has 0 saturated heterocycles. The van der Waals surface area contributed by atoms with Gasteiger partial charge in [0, 0.05) is 23.1 Å². The van der Waals surface area contributed by atoms with Crippen molar-refractivity contribution in [1.82, 2.24) is 4.98 Å². The van der Waals surface area contributed by atoms with Gasteiger partial charge in [-0.2, -0.15) is 0 Å². The van der Waals surface area contributed by atoms with E-state index in [1.165, 1.54) is 29.5 Å². The number of para-hydroxylation sites is 1. The van der Waals surface area contributed by atoms with Crippen LogP contribution in [0.5, 0.6) is 11.5 Å². The molecular weight excluding hydrogens is 462 g/mol. The van der Waals surface area contributed by atoms with E-state index in [0.717, 1.165) is 31.6 Å². The summed E-state index contributed by atoms with van der Waals surface area (Å²) in [5.74, 6) is 0.825. The summed E-state index contributed by atoms with van der Waals surface area (Å²) in [4.78, 5) is 27.4. The van der Waals surface area contributed by atoms with Crippen LogP contribution >= 0.6 is 23.1 Å². The molecule has 10 heteroatoms. The Morgan fingerprint density at radius 3 is 2.82 bits per heavy atom. The summed E-state index contributed by atoms with van der Waals surface area (Å²) in [7, 11) is 1.65. The summed E-state index contributed by atoms with van der Waals surface area (Å²) in [6, 6.07) is 17.2. The van der Waals surface area contributed by atoms with Crippen molar-refractivity contribution < 1.29 is 19.6 Å². The SMILES string of the molecule is COc1ccccc1CSc1nc2ccc(NC(=O)Cc3ccc(O)c([N+](=O)[O-])c3)cc2s1. The second kappa shape index (κ2) is 9.88. The third-order valence-electron chi connectivity index (χ3n) is 4.80. The largest absolute Gasteiger partial charge is 0.502 e. The molecule has 0 aliphatic heterocycles. The lowest BCUT2D eigenvalue weighted by molar-refractivity contribution is -0.385. The second-order valence-electron chi connectivity index (χ2n) is 7.07. The number of benzene rings is 3. The standard InChI is InChI=1S/C23H19N3O5S2/c1-31-20-5-3-2-4-15(20)13-32-23-25-17-8-7-16(12-21(17)33-23)24-22(28)11-14-6-9-19(27)18(10-14)26(29)30/h2-10,12,27H,11,13H2,1H3,(H,24,28). The van der Waals surface area contributed by atoms with Crippen LogP contribution in [-0.4, -0.2) is 28.0 Å². The van der Waals surface area contributed by atoms with Crippen LogP contribution in [0.3, 0.4) is 0 Å². The Labute approximate surface area is 197 Å². The predicted molar refractivity (Wildman–Crippen MR) is 129 cm³/mol. The minimum absolute atomic E-state index is 0.0537. The number of carbonyl (C=O) groups is 1. The monoisotopic (exact) mass is 481 g/mol. The fourth-order valence-electron chi connectivity index (χ4n) is 3.22. The first kappa shape index (κ1) is 22.6. The lowest BCUT2D eigenvalue weighted by Gasteiger charge is -2.06. The van der Waals surface area contributed by atoms with Crippen LogP contribution in [0.1, 0.15) is 11.1 Å². The fraction of sp³-hybridized carbons (Fsp3) is 0.130. The number of thiazole rings is 1. The van der Waals surface area contributed by atoms with E-state index < -0.39 is 16.4 Å². The molecule has 0 aliphatic carbocycles. The molecule has 0 aliphatic rings. The van der Waals surface area contributed by atoms with Gasteiger partial charge >= 0.3 is 5.69 Å². The molecule has 4 aromatic rings. The maximum absolute atomic E-state index is 12.4. The second-order valence-corrected chi connectivity index (χ2v) is 9.32. The summed E-state index contributed by atoms with van der Waals surface area (Å²) in [5.41, 5.74) is 2.56. The lowest BCUT2D eigenvalue weighted by Crippen LogP contribution is -2.14. The number of nitro groups is 1. The number of rotatable bonds is 8. The molecular formula is C23H19N3O5S2.